The molecule has 2 aromatic carbocycles. The molecule has 1 aromatic heterocycles. The molecule has 2 heterocycles. The predicted molar refractivity (Wildman–Crippen MR) is 144 cm³/mol. The summed E-state index contributed by atoms with van der Waals surface area (Å²) < 4.78 is 29.5. The molecule has 0 fully saturated rings. The Morgan fingerprint density at radius 2 is 1.61 bits per heavy atom. The van der Waals surface area contributed by atoms with Crippen LogP contribution in [0.1, 0.15) is 37.9 Å². The van der Waals surface area contributed by atoms with Crippen molar-refractivity contribution >= 4 is 23.4 Å². The summed E-state index contributed by atoms with van der Waals surface area (Å²) in [7, 11) is 2.87. The fraction of sp³-hybridized carbons (Fsp3) is 0.321. The minimum absolute atomic E-state index is 0.237. The molecule has 0 N–H and O–H groups in total. The fourth-order valence-electron chi connectivity index (χ4n) is 4.19. The van der Waals surface area contributed by atoms with E-state index in [2.05, 4.69) is 4.99 Å². The maximum absolute atomic E-state index is 13.8. The van der Waals surface area contributed by atoms with Crippen molar-refractivity contribution in [2.75, 3.05) is 34.0 Å². The maximum Gasteiger partial charge on any atom is 0.337 e. The summed E-state index contributed by atoms with van der Waals surface area (Å²) in [6, 6.07) is 10.1. The first-order chi connectivity index (χ1) is 18.4. The minimum atomic E-state index is -0.759. The van der Waals surface area contributed by atoms with E-state index in [0.29, 0.717) is 57.7 Å². The zero-order chi connectivity index (χ0) is 27.2. The van der Waals surface area contributed by atoms with Gasteiger partial charge in [0.1, 0.15) is 0 Å². The topological polar surface area (TPSA) is 97.6 Å². The SMILES string of the molecule is CCOc1ccc(/C=c2\sc3n(c2=O)[C@H](c2ccc(OCC)c(OCC)c2)C(C(=O)OC)=CN=3)cc1OC. The molecule has 0 unspecified atom stereocenters. The van der Waals surface area contributed by atoms with Crippen LogP contribution in [0.5, 0.6) is 23.0 Å². The van der Waals surface area contributed by atoms with Gasteiger partial charge in [0.05, 0.1) is 50.2 Å². The number of nitrogens with zero attached hydrogens (tertiary/aromatic N) is 2. The molecule has 0 saturated carbocycles. The van der Waals surface area contributed by atoms with E-state index in [9.17, 15) is 9.59 Å². The van der Waals surface area contributed by atoms with E-state index >= 15 is 0 Å². The van der Waals surface area contributed by atoms with E-state index in [-0.39, 0.29) is 11.1 Å². The Kier molecular flexibility index (Phi) is 8.52. The number of hydrogen-bond acceptors (Lipinski definition) is 9. The average molecular weight is 539 g/mol. The summed E-state index contributed by atoms with van der Waals surface area (Å²) in [6.07, 6.45) is 3.23. The zero-order valence-electron chi connectivity index (χ0n) is 22.0. The van der Waals surface area contributed by atoms with Crippen molar-refractivity contribution in [2.45, 2.75) is 26.8 Å². The summed E-state index contributed by atoms with van der Waals surface area (Å²) in [5, 5.41) is 0. The van der Waals surface area contributed by atoms with Gasteiger partial charge < -0.3 is 23.7 Å². The highest BCUT2D eigenvalue weighted by molar-refractivity contribution is 7.07. The summed E-state index contributed by atoms with van der Waals surface area (Å²) in [4.78, 5) is 31.4. The molecule has 3 aromatic rings. The summed E-state index contributed by atoms with van der Waals surface area (Å²) in [5.74, 6) is 1.72. The van der Waals surface area contributed by atoms with Gasteiger partial charge in [-0.2, -0.15) is 0 Å². The monoisotopic (exact) mass is 538 g/mol. The van der Waals surface area contributed by atoms with Gasteiger partial charge >= 0.3 is 5.97 Å². The number of rotatable bonds is 10. The molecule has 0 aliphatic carbocycles. The number of carbonyl (C=O) groups excluding carboxylic acids is 1. The highest BCUT2D eigenvalue weighted by Gasteiger charge is 2.31. The summed E-state index contributed by atoms with van der Waals surface area (Å²) >= 11 is 1.23. The fourth-order valence-corrected chi connectivity index (χ4v) is 5.16. The first kappa shape index (κ1) is 27.0. The lowest BCUT2D eigenvalue weighted by atomic mass is 9.97. The highest BCUT2D eigenvalue weighted by Crippen LogP contribution is 2.35. The van der Waals surface area contributed by atoms with Gasteiger partial charge in [0.15, 0.2) is 27.8 Å². The number of benzene rings is 2. The molecule has 1 aliphatic rings. The molecule has 1 atom stereocenters. The van der Waals surface area contributed by atoms with Crippen molar-refractivity contribution in [3.8, 4) is 23.0 Å². The second kappa shape index (κ2) is 12.0. The number of hydrogen-bond donors (Lipinski definition) is 0. The van der Waals surface area contributed by atoms with Crippen LogP contribution in [0.4, 0.5) is 0 Å². The molecule has 0 spiro atoms. The number of thiazole rings is 1. The molecule has 1 aliphatic heterocycles. The van der Waals surface area contributed by atoms with Crippen molar-refractivity contribution < 1.29 is 28.5 Å². The van der Waals surface area contributed by atoms with Gasteiger partial charge in [-0.05, 0) is 62.2 Å². The van der Waals surface area contributed by atoms with Crippen LogP contribution in [-0.2, 0) is 9.53 Å². The third-order valence-corrected chi connectivity index (χ3v) is 6.79. The molecule has 4 rings (SSSR count). The van der Waals surface area contributed by atoms with E-state index in [0.717, 1.165) is 5.56 Å². The van der Waals surface area contributed by atoms with Crippen molar-refractivity contribution in [1.29, 1.82) is 0 Å². The van der Waals surface area contributed by atoms with Crippen LogP contribution < -0.4 is 33.8 Å². The smallest absolute Gasteiger partial charge is 0.337 e. The van der Waals surface area contributed by atoms with Crippen LogP contribution in [0.15, 0.2) is 58.0 Å². The van der Waals surface area contributed by atoms with Crippen LogP contribution >= 0.6 is 11.3 Å². The third-order valence-electron chi connectivity index (χ3n) is 5.79. The van der Waals surface area contributed by atoms with E-state index < -0.39 is 12.0 Å². The Morgan fingerprint density at radius 3 is 2.26 bits per heavy atom. The van der Waals surface area contributed by atoms with Crippen LogP contribution in [0.25, 0.3) is 6.08 Å². The molecule has 0 radical (unpaired) electrons. The summed E-state index contributed by atoms with van der Waals surface area (Å²) in [6.45, 7) is 7.07. The van der Waals surface area contributed by atoms with E-state index in [1.807, 2.05) is 32.9 Å². The Balaban J connectivity index is 1.87. The van der Waals surface area contributed by atoms with Gasteiger partial charge in [0, 0.05) is 6.20 Å². The maximum atomic E-state index is 13.8. The average Bonchev–Trinajstić information content (AvgIpc) is 3.24. The predicted octanol–water partition coefficient (Wildman–Crippen LogP) is 3.22. The Labute approximate surface area is 224 Å². The Morgan fingerprint density at radius 1 is 0.947 bits per heavy atom. The quantitative estimate of drug-likeness (QED) is 0.366. The largest absolute Gasteiger partial charge is 0.493 e. The number of fused-ring (bicyclic) bond motifs is 1. The third kappa shape index (κ3) is 5.31. The second-order valence-electron chi connectivity index (χ2n) is 8.09. The molecule has 10 heteroatoms. The standard InChI is InChI=1S/C28H30N2O7S/c1-6-35-20-11-9-17(13-22(20)33-4)14-24-26(31)30-25(19(27(32)34-5)16-29-28(30)38-24)18-10-12-21(36-7-2)23(15-18)37-8-3/h9-16,25H,6-8H2,1-5H3/b24-14-/t25-/m1/s1. The molecular weight excluding hydrogens is 508 g/mol. The van der Waals surface area contributed by atoms with Crippen molar-refractivity contribution in [1.82, 2.24) is 4.57 Å². The molecule has 38 heavy (non-hydrogen) atoms. The normalized spacial score (nSPS) is 14.7. The van der Waals surface area contributed by atoms with Gasteiger partial charge in [-0.1, -0.05) is 23.5 Å². The molecule has 0 amide bonds. The first-order valence-electron chi connectivity index (χ1n) is 12.2. The van der Waals surface area contributed by atoms with Crippen LogP contribution in [0.3, 0.4) is 0 Å². The lowest BCUT2D eigenvalue weighted by Gasteiger charge is -2.23. The van der Waals surface area contributed by atoms with E-state index in [1.54, 1.807) is 37.5 Å². The Hall–Kier alpha value is -4.05. The van der Waals surface area contributed by atoms with Crippen LogP contribution in [0, 0.1) is 0 Å². The number of aromatic nitrogens is 1. The number of ether oxygens (including phenoxy) is 5. The van der Waals surface area contributed by atoms with Gasteiger partial charge in [-0.15, -0.1) is 0 Å². The number of carbonyl (C=O) groups is 1. The lowest BCUT2D eigenvalue weighted by molar-refractivity contribution is -0.136. The first-order valence-corrected chi connectivity index (χ1v) is 13.1. The summed E-state index contributed by atoms with van der Waals surface area (Å²) in [5.41, 5.74) is 1.38. The Bertz CT molecular complexity index is 1540. The molecule has 0 saturated heterocycles. The van der Waals surface area contributed by atoms with Gasteiger partial charge in [0.25, 0.3) is 5.56 Å². The van der Waals surface area contributed by atoms with Crippen molar-refractivity contribution in [3.63, 3.8) is 0 Å². The van der Waals surface area contributed by atoms with Crippen LogP contribution in [-0.4, -0.2) is 44.6 Å². The second-order valence-corrected chi connectivity index (χ2v) is 9.10. The van der Waals surface area contributed by atoms with E-state index in [1.165, 1.54) is 29.2 Å². The van der Waals surface area contributed by atoms with Crippen molar-refractivity contribution in [2.24, 2.45) is 4.99 Å². The lowest BCUT2D eigenvalue weighted by Crippen LogP contribution is -2.39. The van der Waals surface area contributed by atoms with Gasteiger partial charge in [-0.3, -0.25) is 9.36 Å². The van der Waals surface area contributed by atoms with Crippen molar-refractivity contribution in [3.05, 3.63) is 79.0 Å². The highest BCUT2D eigenvalue weighted by atomic mass is 32.1. The van der Waals surface area contributed by atoms with Gasteiger partial charge in [0.2, 0.25) is 0 Å². The molecule has 200 valence electrons. The van der Waals surface area contributed by atoms with Crippen LogP contribution in [0.2, 0.25) is 0 Å². The molecule has 9 nitrogen and oxygen atoms in total. The van der Waals surface area contributed by atoms with E-state index in [4.69, 9.17) is 23.7 Å². The zero-order valence-corrected chi connectivity index (χ0v) is 22.8. The molecular formula is C28H30N2O7S. The number of methoxy groups -OCH3 is 2. The minimum Gasteiger partial charge on any atom is -0.493 e. The van der Waals surface area contributed by atoms with Gasteiger partial charge in [-0.25, -0.2) is 9.79 Å². The number of esters is 1. The molecule has 0 bridgehead atoms.